The summed E-state index contributed by atoms with van der Waals surface area (Å²) in [5.41, 5.74) is 0. The van der Waals surface area contributed by atoms with Crippen LogP contribution in [0, 0.1) is 11.8 Å². The van der Waals surface area contributed by atoms with Gasteiger partial charge in [0, 0.05) is 19.1 Å². The molecule has 1 saturated carbocycles. The van der Waals surface area contributed by atoms with Crippen LogP contribution in [0.5, 0.6) is 0 Å². The van der Waals surface area contributed by atoms with Crippen LogP contribution in [0.25, 0.3) is 0 Å². The molecule has 164 valence electrons. The van der Waals surface area contributed by atoms with Gasteiger partial charge in [-0.2, -0.15) is 0 Å². The third-order valence-electron chi connectivity index (χ3n) is 6.63. The van der Waals surface area contributed by atoms with Gasteiger partial charge in [0.1, 0.15) is 0 Å². The summed E-state index contributed by atoms with van der Waals surface area (Å²) >= 11 is 0. The molecule has 2 aliphatic rings. The number of nitrogens with one attached hydrogen (secondary N) is 1. The van der Waals surface area contributed by atoms with Gasteiger partial charge in [0.05, 0.1) is 24.6 Å². The first-order valence-electron chi connectivity index (χ1n) is 12.2. The zero-order chi connectivity index (χ0) is 20.8. The Morgan fingerprint density at radius 2 is 1.00 bits per heavy atom. The molecule has 2 rings (SSSR count). The minimum atomic E-state index is -0.562. The molecule has 0 radical (unpaired) electrons. The van der Waals surface area contributed by atoms with Crippen molar-refractivity contribution in [1.29, 1.82) is 0 Å². The van der Waals surface area contributed by atoms with Crippen LogP contribution in [-0.4, -0.2) is 36.5 Å². The molecule has 0 aromatic carbocycles. The van der Waals surface area contributed by atoms with E-state index in [1.807, 2.05) is 0 Å². The van der Waals surface area contributed by atoms with Crippen LogP contribution < -0.4 is 5.32 Å². The normalized spacial score (nSPS) is 21.7. The second kappa shape index (κ2) is 14.5. The highest BCUT2D eigenvalue weighted by atomic mass is 31.2. The van der Waals surface area contributed by atoms with Crippen molar-refractivity contribution in [3.05, 3.63) is 0 Å². The lowest BCUT2D eigenvalue weighted by atomic mass is 9.81. The summed E-state index contributed by atoms with van der Waals surface area (Å²) < 4.78 is 0. The summed E-state index contributed by atoms with van der Waals surface area (Å²) in [6.07, 6.45) is 22.0. The molecule has 3 nitrogen and oxygen atoms in total. The van der Waals surface area contributed by atoms with Gasteiger partial charge >= 0.3 is 0 Å². The largest absolute Gasteiger partial charge is 0.296 e. The van der Waals surface area contributed by atoms with Gasteiger partial charge in [0.2, 0.25) is 11.8 Å². The maximum absolute atomic E-state index is 11.1. The Hall–Kier alpha value is -0.430. The molecule has 2 fully saturated rings. The van der Waals surface area contributed by atoms with E-state index in [1.54, 1.807) is 24.6 Å². The van der Waals surface area contributed by atoms with Gasteiger partial charge in [-0.15, -0.1) is 0 Å². The van der Waals surface area contributed by atoms with Crippen LogP contribution in [0.1, 0.15) is 105 Å². The van der Waals surface area contributed by atoms with Gasteiger partial charge in [-0.1, -0.05) is 66.2 Å². The van der Waals surface area contributed by atoms with Crippen LogP contribution in [0.4, 0.5) is 0 Å². The number of imide groups is 1. The summed E-state index contributed by atoms with van der Waals surface area (Å²) in [6, 6.07) is 0. The second-order valence-electron chi connectivity index (χ2n) is 9.00. The van der Waals surface area contributed by atoms with Crippen LogP contribution in [-0.2, 0) is 9.59 Å². The molecular weight excluding hydrogens is 365 g/mol. The lowest BCUT2D eigenvalue weighted by Gasteiger charge is -2.28. The van der Waals surface area contributed by atoms with E-state index >= 15 is 0 Å². The van der Waals surface area contributed by atoms with Gasteiger partial charge in [-0.05, 0) is 38.5 Å². The molecule has 0 bridgehead atoms. The molecule has 1 aliphatic carbocycles. The Kier molecular flexibility index (Phi) is 13.3. The topological polar surface area (TPSA) is 46.2 Å². The molecule has 4 heteroatoms. The number of amides is 2. The average Bonchev–Trinajstić information content (AvgIpc) is 3.01. The number of fused-ring (bicyclic) bond motifs is 1. The first-order chi connectivity index (χ1) is 13.5. The molecule has 1 heterocycles. The van der Waals surface area contributed by atoms with Gasteiger partial charge in [-0.25, -0.2) is 0 Å². The standard InChI is InChI=1S/C16H36P.C8H11NO2/c1-5-9-13-17(14-10-6-2,15-11-7-3)16-12-8-4;10-7-5-3-1-2-4-6(5)8(11)9-7/h5-16H2,1-4H3;5-6H,1-4H2,(H,9,10,11)/q+1;. The first-order valence-corrected chi connectivity index (χ1v) is 14.8. The molecule has 0 aromatic rings. The van der Waals surface area contributed by atoms with E-state index in [0.29, 0.717) is 0 Å². The highest BCUT2D eigenvalue weighted by Gasteiger charge is 2.42. The van der Waals surface area contributed by atoms with E-state index in [1.165, 1.54) is 51.4 Å². The Labute approximate surface area is 175 Å². The van der Waals surface area contributed by atoms with Crippen molar-refractivity contribution in [1.82, 2.24) is 5.32 Å². The highest BCUT2D eigenvalue weighted by molar-refractivity contribution is 7.75. The van der Waals surface area contributed by atoms with E-state index in [2.05, 4.69) is 33.0 Å². The van der Waals surface area contributed by atoms with Gasteiger partial charge in [-0.3, -0.25) is 14.9 Å². The van der Waals surface area contributed by atoms with Crippen LogP contribution in [0.15, 0.2) is 0 Å². The molecule has 0 aromatic heterocycles. The number of rotatable bonds is 12. The van der Waals surface area contributed by atoms with E-state index < -0.39 is 7.26 Å². The molecule has 2 amide bonds. The number of hydrogen-bond donors (Lipinski definition) is 1. The van der Waals surface area contributed by atoms with Crippen molar-refractivity contribution in [3.63, 3.8) is 0 Å². The minimum absolute atomic E-state index is 0.0104. The third kappa shape index (κ3) is 8.52. The second-order valence-corrected chi connectivity index (χ2v) is 13.5. The van der Waals surface area contributed by atoms with E-state index in [-0.39, 0.29) is 23.7 Å². The quantitative estimate of drug-likeness (QED) is 0.288. The lowest BCUT2D eigenvalue weighted by molar-refractivity contribution is -0.126. The summed E-state index contributed by atoms with van der Waals surface area (Å²) in [5, 5.41) is 2.38. The molecule has 1 N–H and O–H groups in total. The van der Waals surface area contributed by atoms with E-state index in [9.17, 15) is 9.59 Å². The summed E-state index contributed by atoms with van der Waals surface area (Å²) in [6.45, 7) is 9.42. The maximum Gasteiger partial charge on any atom is 0.230 e. The third-order valence-corrected chi connectivity index (χ3v) is 11.7. The Balaban J connectivity index is 0.000000302. The molecule has 2 atom stereocenters. The van der Waals surface area contributed by atoms with Gasteiger partial charge in [0.25, 0.3) is 0 Å². The minimum Gasteiger partial charge on any atom is -0.296 e. The van der Waals surface area contributed by atoms with Crippen LogP contribution in [0.3, 0.4) is 0 Å². The molecule has 1 saturated heterocycles. The van der Waals surface area contributed by atoms with Crippen molar-refractivity contribution < 1.29 is 9.59 Å². The fourth-order valence-corrected chi connectivity index (χ4v) is 10.0. The van der Waals surface area contributed by atoms with Crippen LogP contribution >= 0.6 is 7.26 Å². The summed E-state index contributed by atoms with van der Waals surface area (Å²) in [4.78, 5) is 22.2. The zero-order valence-electron chi connectivity index (χ0n) is 19.2. The molecule has 0 spiro atoms. The van der Waals surface area contributed by atoms with Gasteiger partial charge < -0.3 is 0 Å². The highest BCUT2D eigenvalue weighted by Crippen LogP contribution is 2.61. The lowest BCUT2D eigenvalue weighted by Crippen LogP contribution is -2.21. The predicted octanol–water partition coefficient (Wildman–Crippen LogP) is 6.65. The molecule has 28 heavy (non-hydrogen) atoms. The van der Waals surface area contributed by atoms with Crippen molar-refractivity contribution in [2.24, 2.45) is 11.8 Å². The Morgan fingerprint density at radius 1 is 0.679 bits per heavy atom. The van der Waals surface area contributed by atoms with Crippen LogP contribution in [0.2, 0.25) is 0 Å². The Morgan fingerprint density at radius 3 is 1.29 bits per heavy atom. The number of carbonyl (C=O) groups excluding carboxylic acids is 2. The van der Waals surface area contributed by atoms with Crippen molar-refractivity contribution in [3.8, 4) is 0 Å². The Bertz CT molecular complexity index is 392. The monoisotopic (exact) mass is 412 g/mol. The molecule has 1 aliphatic heterocycles. The van der Waals surface area contributed by atoms with Gasteiger partial charge in [0.15, 0.2) is 0 Å². The summed E-state index contributed by atoms with van der Waals surface area (Å²) in [7, 11) is -0.562. The van der Waals surface area contributed by atoms with Crippen molar-refractivity contribution >= 4 is 19.1 Å². The smallest absolute Gasteiger partial charge is 0.230 e. The average molecular weight is 413 g/mol. The number of unbranched alkanes of at least 4 members (excludes halogenated alkanes) is 4. The zero-order valence-corrected chi connectivity index (χ0v) is 20.1. The SMILES string of the molecule is CCCC[P+](CCCC)(CCCC)CCCC.O=C1NC(=O)C2CCCCC12. The van der Waals surface area contributed by atoms with E-state index in [0.717, 1.165) is 25.7 Å². The van der Waals surface area contributed by atoms with Crippen molar-refractivity contribution in [2.45, 2.75) is 105 Å². The fourth-order valence-electron chi connectivity index (χ4n) is 4.71. The van der Waals surface area contributed by atoms with Crippen molar-refractivity contribution in [2.75, 3.05) is 24.6 Å². The van der Waals surface area contributed by atoms with E-state index in [4.69, 9.17) is 0 Å². The predicted molar refractivity (Wildman–Crippen MR) is 125 cm³/mol. The first kappa shape index (κ1) is 25.6. The number of hydrogen-bond acceptors (Lipinski definition) is 2. The molecular formula is C24H47NO2P+. The fraction of sp³-hybridized carbons (Fsp3) is 0.917. The molecule has 2 unspecified atom stereocenters. The number of carbonyl (C=O) groups is 2. The summed E-state index contributed by atoms with van der Waals surface area (Å²) in [5.74, 6) is -0.0631. The maximum atomic E-state index is 11.1.